The lowest BCUT2D eigenvalue weighted by molar-refractivity contribution is -0.115. The zero-order valence-electron chi connectivity index (χ0n) is 14.9. The minimum Gasteiger partial charge on any atom is -0.478 e. The second kappa shape index (κ2) is 9.03. The maximum atomic E-state index is 13.7. The third-order valence-corrected chi connectivity index (χ3v) is 4.69. The topological polar surface area (TPSA) is 90.1 Å². The van der Waals surface area contributed by atoms with Gasteiger partial charge in [-0.25, -0.2) is 9.37 Å². The van der Waals surface area contributed by atoms with Gasteiger partial charge in [-0.05, 0) is 38.1 Å². The third kappa shape index (κ3) is 5.20. The van der Waals surface area contributed by atoms with E-state index in [4.69, 9.17) is 20.8 Å². The van der Waals surface area contributed by atoms with Crippen LogP contribution < -0.4 is 10.1 Å². The molecular weight excluding hydrogens is 407 g/mol. The van der Waals surface area contributed by atoms with Crippen LogP contribution in [0.15, 0.2) is 52.2 Å². The summed E-state index contributed by atoms with van der Waals surface area (Å²) in [6.07, 6.45) is 0.789. The van der Waals surface area contributed by atoms with E-state index in [0.717, 1.165) is 11.8 Å². The number of para-hydroxylation sites is 1. The highest BCUT2D eigenvalue weighted by Gasteiger charge is 2.21. The minimum absolute atomic E-state index is 0.0885. The molecule has 1 amide bonds. The summed E-state index contributed by atoms with van der Waals surface area (Å²) < 4.78 is 24.7. The monoisotopic (exact) mass is 422 g/mol. The molecule has 0 saturated carbocycles. The van der Waals surface area contributed by atoms with Crippen LogP contribution >= 0.6 is 23.4 Å². The maximum Gasteiger partial charge on any atom is 0.277 e. The van der Waals surface area contributed by atoms with Gasteiger partial charge >= 0.3 is 0 Å². The maximum absolute atomic E-state index is 13.7. The lowest BCUT2D eigenvalue weighted by Crippen LogP contribution is -2.22. The lowest BCUT2D eigenvalue weighted by Gasteiger charge is -2.11. The summed E-state index contributed by atoms with van der Waals surface area (Å²) in [4.78, 5) is 16.3. The summed E-state index contributed by atoms with van der Waals surface area (Å²) in [6.45, 7) is 3.36. The van der Waals surface area contributed by atoms with Gasteiger partial charge in [0.1, 0.15) is 5.82 Å². The molecule has 0 fully saturated rings. The van der Waals surface area contributed by atoms with Crippen LogP contribution in [-0.2, 0) is 4.79 Å². The molecule has 1 aromatic carbocycles. The van der Waals surface area contributed by atoms with E-state index < -0.39 is 17.2 Å². The Morgan fingerprint density at radius 3 is 2.75 bits per heavy atom. The number of nitrogens with one attached hydrogen (secondary N) is 1. The van der Waals surface area contributed by atoms with Crippen LogP contribution in [0.2, 0.25) is 5.02 Å². The number of carbonyl (C=O) groups excluding carboxylic acids is 1. The Hall–Kier alpha value is -2.65. The summed E-state index contributed by atoms with van der Waals surface area (Å²) in [5.41, 5.74) is 0. The van der Waals surface area contributed by atoms with Gasteiger partial charge in [0.15, 0.2) is 17.7 Å². The van der Waals surface area contributed by atoms with Crippen molar-refractivity contribution in [2.24, 2.45) is 0 Å². The van der Waals surface area contributed by atoms with Crippen molar-refractivity contribution in [3.05, 3.63) is 59.3 Å². The average Bonchev–Trinajstić information content (AvgIpc) is 3.14. The Bertz CT molecular complexity index is 954. The van der Waals surface area contributed by atoms with Crippen molar-refractivity contribution in [2.45, 2.75) is 30.4 Å². The van der Waals surface area contributed by atoms with Crippen molar-refractivity contribution < 1.29 is 18.3 Å². The number of hydrogen-bond donors (Lipinski definition) is 1. The number of aromatic nitrogens is 3. The van der Waals surface area contributed by atoms with Crippen molar-refractivity contribution in [1.82, 2.24) is 15.2 Å². The molecule has 10 heteroatoms. The van der Waals surface area contributed by atoms with Gasteiger partial charge in [-0.2, -0.15) is 0 Å². The van der Waals surface area contributed by atoms with Gasteiger partial charge in [0, 0.05) is 6.20 Å². The van der Waals surface area contributed by atoms with Crippen LogP contribution in [0, 0.1) is 5.82 Å². The lowest BCUT2D eigenvalue weighted by atomic mass is 10.3. The van der Waals surface area contributed by atoms with Gasteiger partial charge in [0.25, 0.3) is 11.1 Å². The number of ether oxygens (including phenoxy) is 1. The summed E-state index contributed by atoms with van der Waals surface area (Å²) in [7, 11) is 0. The molecule has 3 rings (SSSR count). The normalized spacial score (nSPS) is 13.0. The predicted octanol–water partition coefficient (Wildman–Crippen LogP) is 4.52. The van der Waals surface area contributed by atoms with Gasteiger partial charge in [-0.15, -0.1) is 10.2 Å². The molecule has 0 aliphatic heterocycles. The fraction of sp³-hybridized carbons (Fsp3) is 0.222. The highest BCUT2D eigenvalue weighted by Crippen LogP contribution is 2.27. The molecule has 146 valence electrons. The Morgan fingerprint density at radius 2 is 2.04 bits per heavy atom. The standard InChI is InChI=1S/C18H16ClFN4O3S/c1-10(26-14-6-4-3-5-13(14)20)17-23-24-18(27-17)28-11(2)16(25)22-15-8-7-12(19)9-21-15/h3-11H,1-2H3,(H,21,22,25)/t10-,11-/m1/s1. The van der Waals surface area contributed by atoms with Gasteiger partial charge in [0.2, 0.25) is 5.91 Å². The van der Waals surface area contributed by atoms with E-state index in [9.17, 15) is 9.18 Å². The Balaban J connectivity index is 1.58. The number of rotatable bonds is 7. The first-order valence-corrected chi connectivity index (χ1v) is 9.52. The van der Waals surface area contributed by atoms with Crippen molar-refractivity contribution in [1.29, 1.82) is 0 Å². The summed E-state index contributed by atoms with van der Waals surface area (Å²) in [5.74, 6) is -0.108. The van der Waals surface area contributed by atoms with Gasteiger partial charge < -0.3 is 14.5 Å². The molecule has 0 unspecified atom stereocenters. The number of pyridine rings is 1. The van der Waals surface area contributed by atoms with Gasteiger partial charge in [-0.1, -0.05) is 35.5 Å². The molecule has 0 aliphatic carbocycles. The molecule has 2 atom stereocenters. The number of amides is 1. The molecule has 0 saturated heterocycles. The Kier molecular flexibility index (Phi) is 6.48. The average molecular weight is 423 g/mol. The second-order valence-electron chi connectivity index (χ2n) is 5.71. The van der Waals surface area contributed by atoms with Crippen LogP contribution in [0.4, 0.5) is 10.2 Å². The predicted molar refractivity (Wildman–Crippen MR) is 103 cm³/mol. The van der Waals surface area contributed by atoms with E-state index in [1.54, 1.807) is 38.1 Å². The van der Waals surface area contributed by atoms with Crippen molar-refractivity contribution >= 4 is 35.1 Å². The quantitative estimate of drug-likeness (QED) is 0.560. The molecule has 28 heavy (non-hydrogen) atoms. The van der Waals surface area contributed by atoms with Crippen molar-refractivity contribution in [2.75, 3.05) is 5.32 Å². The van der Waals surface area contributed by atoms with Gasteiger partial charge in [0.05, 0.1) is 10.3 Å². The Morgan fingerprint density at radius 1 is 1.25 bits per heavy atom. The first kappa shape index (κ1) is 20.1. The zero-order valence-corrected chi connectivity index (χ0v) is 16.5. The number of halogens is 2. The SMILES string of the molecule is C[C@@H](Sc1nnc([C@@H](C)Oc2ccccc2F)o1)C(=O)Nc1ccc(Cl)cn1. The van der Waals surface area contributed by atoms with E-state index in [1.165, 1.54) is 18.3 Å². The number of hydrogen-bond acceptors (Lipinski definition) is 7. The highest BCUT2D eigenvalue weighted by molar-refractivity contribution is 8.00. The van der Waals surface area contributed by atoms with Crippen LogP contribution in [0.25, 0.3) is 0 Å². The number of carbonyl (C=O) groups is 1. The molecule has 1 N–H and O–H groups in total. The Labute approximate surface area is 169 Å². The molecule has 2 heterocycles. The van der Waals surface area contributed by atoms with Crippen LogP contribution in [0.3, 0.4) is 0 Å². The van der Waals surface area contributed by atoms with E-state index in [0.29, 0.717) is 10.8 Å². The fourth-order valence-corrected chi connectivity index (χ4v) is 2.90. The van der Waals surface area contributed by atoms with Crippen LogP contribution in [0.5, 0.6) is 5.75 Å². The van der Waals surface area contributed by atoms with Crippen LogP contribution in [0.1, 0.15) is 25.8 Å². The van der Waals surface area contributed by atoms with E-state index in [1.807, 2.05) is 0 Å². The first-order chi connectivity index (χ1) is 13.4. The smallest absolute Gasteiger partial charge is 0.277 e. The summed E-state index contributed by atoms with van der Waals surface area (Å²) >= 11 is 6.85. The molecule has 2 aromatic heterocycles. The minimum atomic E-state index is -0.652. The summed E-state index contributed by atoms with van der Waals surface area (Å²) in [6, 6.07) is 9.27. The van der Waals surface area contributed by atoms with Crippen molar-refractivity contribution in [3.63, 3.8) is 0 Å². The van der Waals surface area contributed by atoms with Crippen LogP contribution in [-0.4, -0.2) is 26.3 Å². The van der Waals surface area contributed by atoms with Crippen molar-refractivity contribution in [3.8, 4) is 5.75 Å². The molecule has 3 aromatic rings. The first-order valence-electron chi connectivity index (χ1n) is 8.26. The highest BCUT2D eigenvalue weighted by atomic mass is 35.5. The molecule has 7 nitrogen and oxygen atoms in total. The largest absolute Gasteiger partial charge is 0.478 e. The number of thioether (sulfide) groups is 1. The van der Waals surface area contributed by atoms with E-state index in [-0.39, 0.29) is 22.8 Å². The number of benzene rings is 1. The molecule has 0 bridgehead atoms. The third-order valence-electron chi connectivity index (χ3n) is 3.54. The number of nitrogens with zero attached hydrogens (tertiary/aromatic N) is 3. The number of anilines is 1. The molecule has 0 aliphatic rings. The summed E-state index contributed by atoms with van der Waals surface area (Å²) in [5, 5.41) is 10.6. The molecule has 0 radical (unpaired) electrons. The van der Waals surface area contributed by atoms with E-state index >= 15 is 0 Å². The zero-order chi connectivity index (χ0) is 20.1. The second-order valence-corrected chi connectivity index (χ2v) is 7.44. The van der Waals surface area contributed by atoms with Gasteiger partial charge in [-0.3, -0.25) is 4.79 Å². The van der Waals surface area contributed by atoms with E-state index in [2.05, 4.69) is 20.5 Å². The fourth-order valence-electron chi connectivity index (χ4n) is 2.10. The molecule has 0 spiro atoms. The molecular formula is C18H16ClFN4O3S.